The molecule has 1 heterocycles. The van der Waals surface area contributed by atoms with E-state index in [1.54, 1.807) is 49.4 Å². The van der Waals surface area contributed by atoms with Crippen molar-refractivity contribution in [3.63, 3.8) is 0 Å². The van der Waals surface area contributed by atoms with E-state index in [2.05, 4.69) is 10.6 Å². The van der Waals surface area contributed by atoms with E-state index >= 15 is 0 Å². The van der Waals surface area contributed by atoms with Crippen molar-refractivity contribution < 1.29 is 23.9 Å². The highest BCUT2D eigenvalue weighted by molar-refractivity contribution is 6.12. The molecule has 0 atom stereocenters. The molecule has 0 aliphatic carbocycles. The van der Waals surface area contributed by atoms with Crippen molar-refractivity contribution in [3.05, 3.63) is 53.6 Å². The van der Waals surface area contributed by atoms with Crippen molar-refractivity contribution in [2.24, 2.45) is 0 Å². The summed E-state index contributed by atoms with van der Waals surface area (Å²) >= 11 is 0. The molecule has 0 spiro atoms. The number of para-hydroxylation sites is 1. The fourth-order valence-electron chi connectivity index (χ4n) is 2.39. The second-order valence-electron chi connectivity index (χ2n) is 5.27. The lowest BCUT2D eigenvalue weighted by Gasteiger charge is -2.20. The number of hydrogen-bond acceptors (Lipinski definition) is 5. The Bertz CT molecular complexity index is 830. The van der Waals surface area contributed by atoms with Gasteiger partial charge in [-0.05, 0) is 43.3 Å². The first-order chi connectivity index (χ1) is 12.1. The van der Waals surface area contributed by atoms with Crippen LogP contribution in [0.25, 0.3) is 0 Å². The van der Waals surface area contributed by atoms with Crippen LogP contribution in [0.15, 0.2) is 42.5 Å². The second-order valence-corrected chi connectivity index (χ2v) is 5.27. The smallest absolute Gasteiger partial charge is 0.338 e. The van der Waals surface area contributed by atoms with Crippen LogP contribution in [0.4, 0.5) is 11.4 Å². The number of nitrogens with one attached hydrogen (secondary N) is 2. The number of carbonyl (C=O) groups is 3. The molecule has 0 radical (unpaired) electrons. The van der Waals surface area contributed by atoms with E-state index in [0.29, 0.717) is 34.9 Å². The minimum atomic E-state index is -0.419. The molecule has 0 fully saturated rings. The van der Waals surface area contributed by atoms with E-state index < -0.39 is 11.9 Å². The Hall–Kier alpha value is -3.35. The summed E-state index contributed by atoms with van der Waals surface area (Å²) in [7, 11) is 0. The molecule has 7 nitrogen and oxygen atoms in total. The standard InChI is InChI=1S/C18H16N2O5/c1-2-24-18(23)11-6-8-12(9-7-11)19-17(22)13-4-3-5-14-16(13)20-15(21)10-25-14/h3-9H,2,10H2,1H3,(H,19,22)(H,20,21). The van der Waals surface area contributed by atoms with E-state index in [1.807, 2.05) is 0 Å². The van der Waals surface area contributed by atoms with Gasteiger partial charge in [-0.1, -0.05) is 6.07 Å². The Kier molecular flexibility index (Phi) is 4.65. The van der Waals surface area contributed by atoms with Gasteiger partial charge in [0, 0.05) is 5.69 Å². The number of rotatable bonds is 4. The molecule has 1 aliphatic heterocycles. The van der Waals surface area contributed by atoms with Crippen molar-refractivity contribution in [1.29, 1.82) is 0 Å². The highest BCUT2D eigenvalue weighted by atomic mass is 16.5. The maximum atomic E-state index is 12.5. The monoisotopic (exact) mass is 340 g/mol. The molecule has 2 N–H and O–H groups in total. The van der Waals surface area contributed by atoms with Crippen LogP contribution >= 0.6 is 0 Å². The van der Waals surface area contributed by atoms with Crippen molar-refractivity contribution in [2.75, 3.05) is 23.8 Å². The van der Waals surface area contributed by atoms with Gasteiger partial charge in [-0.15, -0.1) is 0 Å². The highest BCUT2D eigenvalue weighted by Gasteiger charge is 2.22. The van der Waals surface area contributed by atoms with Crippen molar-refractivity contribution in [1.82, 2.24) is 0 Å². The summed E-state index contributed by atoms with van der Waals surface area (Å²) in [5, 5.41) is 5.37. The quantitative estimate of drug-likeness (QED) is 0.834. The van der Waals surface area contributed by atoms with Gasteiger partial charge in [0.05, 0.1) is 23.4 Å². The van der Waals surface area contributed by atoms with Crippen molar-refractivity contribution in [2.45, 2.75) is 6.92 Å². The number of amides is 2. The number of benzene rings is 2. The maximum Gasteiger partial charge on any atom is 0.338 e. The first kappa shape index (κ1) is 16.5. The topological polar surface area (TPSA) is 93.7 Å². The predicted octanol–water partition coefficient (Wildman–Crippen LogP) is 2.45. The molecule has 25 heavy (non-hydrogen) atoms. The van der Waals surface area contributed by atoms with Crippen LogP contribution in [0.5, 0.6) is 5.75 Å². The number of carbonyl (C=O) groups excluding carboxylic acids is 3. The first-order valence-corrected chi connectivity index (χ1v) is 7.72. The minimum Gasteiger partial charge on any atom is -0.482 e. The van der Waals surface area contributed by atoms with Crippen LogP contribution in [0, 0.1) is 0 Å². The van der Waals surface area contributed by atoms with Gasteiger partial charge in [-0.2, -0.15) is 0 Å². The zero-order valence-corrected chi connectivity index (χ0v) is 13.5. The lowest BCUT2D eigenvalue weighted by Crippen LogP contribution is -2.27. The molecule has 2 aromatic rings. The molecule has 0 aromatic heterocycles. The van der Waals surface area contributed by atoms with Crippen LogP contribution in [-0.4, -0.2) is 31.0 Å². The molecule has 0 bridgehead atoms. The molecule has 7 heteroatoms. The van der Waals surface area contributed by atoms with E-state index in [4.69, 9.17) is 9.47 Å². The number of hydrogen-bond donors (Lipinski definition) is 2. The zero-order chi connectivity index (χ0) is 17.8. The summed E-state index contributed by atoms with van der Waals surface area (Å²) in [4.78, 5) is 35.6. The van der Waals surface area contributed by atoms with Crippen molar-refractivity contribution in [3.8, 4) is 5.75 Å². The normalized spacial score (nSPS) is 12.4. The molecule has 128 valence electrons. The van der Waals surface area contributed by atoms with Gasteiger partial charge < -0.3 is 20.1 Å². The summed E-state index contributed by atoms with van der Waals surface area (Å²) in [6, 6.07) is 11.3. The fourth-order valence-corrected chi connectivity index (χ4v) is 2.39. The summed E-state index contributed by atoms with van der Waals surface area (Å²) in [6.07, 6.45) is 0. The average Bonchev–Trinajstić information content (AvgIpc) is 2.62. The third kappa shape index (κ3) is 3.60. The van der Waals surface area contributed by atoms with Gasteiger partial charge >= 0.3 is 5.97 Å². The molecule has 1 aliphatic rings. The average molecular weight is 340 g/mol. The van der Waals surface area contributed by atoms with Crippen molar-refractivity contribution >= 4 is 29.2 Å². The molecule has 2 amide bonds. The molecule has 0 saturated carbocycles. The first-order valence-electron chi connectivity index (χ1n) is 7.72. The SMILES string of the molecule is CCOC(=O)c1ccc(NC(=O)c2cccc3c2NC(=O)CO3)cc1. The third-order valence-electron chi connectivity index (χ3n) is 3.55. The summed E-state index contributed by atoms with van der Waals surface area (Å²) < 4.78 is 10.2. The Morgan fingerprint density at radius 3 is 2.68 bits per heavy atom. The lowest BCUT2D eigenvalue weighted by atomic mass is 10.1. The molecular formula is C18H16N2O5. The molecule has 3 rings (SSSR count). The molecule has 2 aromatic carbocycles. The third-order valence-corrected chi connectivity index (χ3v) is 3.55. The highest BCUT2D eigenvalue weighted by Crippen LogP contribution is 2.31. The van der Waals surface area contributed by atoms with E-state index in [0.717, 1.165) is 0 Å². The van der Waals surface area contributed by atoms with Crippen LogP contribution < -0.4 is 15.4 Å². The Morgan fingerprint density at radius 2 is 1.96 bits per heavy atom. The number of fused-ring (bicyclic) bond motifs is 1. The largest absolute Gasteiger partial charge is 0.482 e. The van der Waals surface area contributed by atoms with Gasteiger partial charge in [-0.25, -0.2) is 4.79 Å². The van der Waals surface area contributed by atoms with Crippen LogP contribution in [0.1, 0.15) is 27.6 Å². The molecule has 0 saturated heterocycles. The molecule has 0 unspecified atom stereocenters. The van der Waals surface area contributed by atoms with Gasteiger partial charge in [0.1, 0.15) is 5.75 Å². The number of ether oxygens (including phenoxy) is 2. The Labute approximate surface area is 143 Å². The fraction of sp³-hybridized carbons (Fsp3) is 0.167. The Balaban J connectivity index is 1.77. The van der Waals surface area contributed by atoms with E-state index in [1.165, 1.54) is 0 Å². The zero-order valence-electron chi connectivity index (χ0n) is 13.5. The van der Waals surface area contributed by atoms with Crippen LogP contribution in [-0.2, 0) is 9.53 Å². The minimum absolute atomic E-state index is 0.0760. The summed E-state index contributed by atoms with van der Waals surface area (Å²) in [5.41, 5.74) is 1.55. The maximum absolute atomic E-state index is 12.5. The number of anilines is 2. The van der Waals surface area contributed by atoms with Gasteiger partial charge in [-0.3, -0.25) is 9.59 Å². The van der Waals surface area contributed by atoms with Gasteiger partial charge in [0.25, 0.3) is 11.8 Å². The predicted molar refractivity (Wildman–Crippen MR) is 90.9 cm³/mol. The van der Waals surface area contributed by atoms with Crippen LogP contribution in [0.3, 0.4) is 0 Å². The summed E-state index contributed by atoms with van der Waals surface area (Å²) in [5.74, 6) is -0.680. The summed E-state index contributed by atoms with van der Waals surface area (Å²) in [6.45, 7) is 1.95. The Morgan fingerprint density at radius 1 is 1.20 bits per heavy atom. The van der Waals surface area contributed by atoms with E-state index in [-0.39, 0.29) is 12.5 Å². The van der Waals surface area contributed by atoms with E-state index in [9.17, 15) is 14.4 Å². The molecular weight excluding hydrogens is 324 g/mol. The van der Waals surface area contributed by atoms with Crippen LogP contribution in [0.2, 0.25) is 0 Å². The number of esters is 1. The van der Waals surface area contributed by atoms with Gasteiger partial charge in [0.2, 0.25) is 0 Å². The second kappa shape index (κ2) is 7.04. The van der Waals surface area contributed by atoms with Gasteiger partial charge in [0.15, 0.2) is 6.61 Å². The lowest BCUT2D eigenvalue weighted by molar-refractivity contribution is -0.118.